The van der Waals surface area contributed by atoms with Gasteiger partial charge in [-0.25, -0.2) is 9.78 Å². The van der Waals surface area contributed by atoms with Crippen molar-refractivity contribution >= 4 is 22.8 Å². The SMILES string of the molecule is Cc1oc(-c2ccc3ccccc3c2)nc1CCOc1ccc(CCC(=O)O)c(CNC(=O)OC(C)C)c1. The number of aryl methyl sites for hydroxylation is 2. The van der Waals surface area contributed by atoms with E-state index in [1.165, 1.54) is 0 Å². The van der Waals surface area contributed by atoms with Crippen molar-refractivity contribution in [2.75, 3.05) is 6.61 Å². The van der Waals surface area contributed by atoms with Gasteiger partial charge < -0.3 is 24.3 Å². The molecule has 0 spiro atoms. The molecule has 0 fully saturated rings. The Balaban J connectivity index is 1.41. The Morgan fingerprint density at radius 3 is 2.55 bits per heavy atom. The van der Waals surface area contributed by atoms with Crippen molar-refractivity contribution in [2.24, 2.45) is 0 Å². The standard InChI is InChI=1S/C30H32N2O6/c1-19(2)37-30(35)31-18-25-17-26(12-10-22(25)11-13-28(33)34)36-15-14-27-20(3)38-29(32-27)24-9-8-21-6-4-5-7-23(21)16-24/h4-10,12,16-17,19H,11,13-15,18H2,1-3H3,(H,31,35)(H,33,34). The van der Waals surface area contributed by atoms with E-state index in [-0.39, 0.29) is 19.1 Å². The Labute approximate surface area is 221 Å². The Morgan fingerprint density at radius 2 is 1.79 bits per heavy atom. The summed E-state index contributed by atoms with van der Waals surface area (Å²) in [6.07, 6.45) is 0.130. The second-order valence-electron chi connectivity index (χ2n) is 9.31. The lowest BCUT2D eigenvalue weighted by molar-refractivity contribution is -0.136. The monoisotopic (exact) mass is 516 g/mol. The summed E-state index contributed by atoms with van der Waals surface area (Å²) in [6, 6.07) is 19.8. The Hall–Kier alpha value is -4.33. The van der Waals surface area contributed by atoms with E-state index < -0.39 is 12.1 Å². The van der Waals surface area contributed by atoms with Crippen LogP contribution in [0.4, 0.5) is 4.79 Å². The number of ether oxygens (including phenoxy) is 2. The zero-order valence-corrected chi connectivity index (χ0v) is 21.8. The zero-order chi connectivity index (χ0) is 27.1. The number of nitrogens with one attached hydrogen (secondary N) is 1. The zero-order valence-electron chi connectivity index (χ0n) is 21.8. The number of benzene rings is 3. The normalized spacial score (nSPS) is 11.1. The third-order valence-corrected chi connectivity index (χ3v) is 6.05. The van der Waals surface area contributed by atoms with Crippen LogP contribution in [0.25, 0.3) is 22.2 Å². The van der Waals surface area contributed by atoms with Crippen LogP contribution in [0.15, 0.2) is 65.1 Å². The summed E-state index contributed by atoms with van der Waals surface area (Å²) in [7, 11) is 0. The summed E-state index contributed by atoms with van der Waals surface area (Å²) in [5.74, 6) is 1.06. The molecule has 8 heteroatoms. The quantitative estimate of drug-likeness (QED) is 0.249. The van der Waals surface area contributed by atoms with Crippen LogP contribution in [0.2, 0.25) is 0 Å². The number of amides is 1. The number of carboxylic acids is 1. The maximum Gasteiger partial charge on any atom is 0.407 e. The van der Waals surface area contributed by atoms with Gasteiger partial charge in [0.05, 0.1) is 18.4 Å². The first-order valence-corrected chi connectivity index (χ1v) is 12.6. The summed E-state index contributed by atoms with van der Waals surface area (Å²) >= 11 is 0. The van der Waals surface area contributed by atoms with Crippen LogP contribution in [0.1, 0.15) is 42.8 Å². The maximum atomic E-state index is 11.9. The van der Waals surface area contributed by atoms with Gasteiger partial charge in [0.25, 0.3) is 0 Å². The molecule has 2 N–H and O–H groups in total. The van der Waals surface area contributed by atoms with Crippen molar-refractivity contribution in [1.82, 2.24) is 10.3 Å². The predicted octanol–water partition coefficient (Wildman–Crippen LogP) is 6.08. The second-order valence-corrected chi connectivity index (χ2v) is 9.31. The number of hydrogen-bond acceptors (Lipinski definition) is 6. The van der Waals surface area contributed by atoms with Gasteiger partial charge in [0.1, 0.15) is 11.5 Å². The highest BCUT2D eigenvalue weighted by Gasteiger charge is 2.14. The molecule has 0 saturated heterocycles. The van der Waals surface area contributed by atoms with Crippen LogP contribution in [0, 0.1) is 6.92 Å². The lowest BCUT2D eigenvalue weighted by atomic mass is 10.0. The van der Waals surface area contributed by atoms with E-state index in [0.717, 1.165) is 38.9 Å². The fourth-order valence-corrected chi connectivity index (χ4v) is 4.14. The topological polar surface area (TPSA) is 111 Å². The largest absolute Gasteiger partial charge is 0.493 e. The highest BCUT2D eigenvalue weighted by Crippen LogP contribution is 2.26. The highest BCUT2D eigenvalue weighted by atomic mass is 16.6. The lowest BCUT2D eigenvalue weighted by Gasteiger charge is -2.14. The van der Waals surface area contributed by atoms with Gasteiger partial charge in [-0.2, -0.15) is 0 Å². The summed E-state index contributed by atoms with van der Waals surface area (Å²) < 4.78 is 17.1. The van der Waals surface area contributed by atoms with Gasteiger partial charge in [-0.3, -0.25) is 4.79 Å². The van der Waals surface area contributed by atoms with Gasteiger partial charge in [0.2, 0.25) is 5.89 Å². The summed E-state index contributed by atoms with van der Waals surface area (Å²) in [6.45, 7) is 6.02. The number of alkyl carbamates (subject to hydrolysis) is 1. The van der Waals surface area contributed by atoms with Crippen LogP contribution in [0.3, 0.4) is 0 Å². The average Bonchev–Trinajstić information content (AvgIpc) is 3.26. The van der Waals surface area contributed by atoms with Crippen molar-refractivity contribution < 1.29 is 28.6 Å². The Morgan fingerprint density at radius 1 is 1.00 bits per heavy atom. The van der Waals surface area contributed by atoms with Crippen molar-refractivity contribution in [3.05, 3.63) is 83.2 Å². The minimum absolute atomic E-state index is 0.00534. The smallest absolute Gasteiger partial charge is 0.407 e. The van der Waals surface area contributed by atoms with E-state index in [9.17, 15) is 9.59 Å². The van der Waals surface area contributed by atoms with Crippen LogP contribution in [-0.2, 0) is 28.9 Å². The Kier molecular flexibility index (Phi) is 8.63. The van der Waals surface area contributed by atoms with E-state index in [2.05, 4.69) is 29.6 Å². The Bertz CT molecular complexity index is 1430. The fraction of sp³-hybridized carbons (Fsp3) is 0.300. The number of hydrogen-bond donors (Lipinski definition) is 2. The molecule has 0 atom stereocenters. The van der Waals surface area contributed by atoms with Gasteiger partial charge >= 0.3 is 12.1 Å². The molecular weight excluding hydrogens is 484 g/mol. The number of aromatic nitrogens is 1. The molecule has 0 saturated carbocycles. The molecule has 1 heterocycles. The van der Waals surface area contributed by atoms with E-state index in [0.29, 0.717) is 31.1 Å². The number of carboxylic acid groups (broad SMARTS) is 1. The predicted molar refractivity (Wildman–Crippen MR) is 144 cm³/mol. The van der Waals surface area contributed by atoms with E-state index in [1.807, 2.05) is 43.3 Å². The summed E-state index contributed by atoms with van der Waals surface area (Å²) in [4.78, 5) is 27.7. The van der Waals surface area contributed by atoms with Crippen LogP contribution < -0.4 is 10.1 Å². The molecule has 4 aromatic rings. The second kappa shape index (κ2) is 12.3. The average molecular weight is 517 g/mol. The molecule has 0 radical (unpaired) electrons. The number of nitrogens with zero attached hydrogens (tertiary/aromatic N) is 1. The highest BCUT2D eigenvalue weighted by molar-refractivity contribution is 5.86. The molecule has 38 heavy (non-hydrogen) atoms. The molecule has 8 nitrogen and oxygen atoms in total. The minimum atomic E-state index is -0.880. The van der Waals surface area contributed by atoms with Gasteiger partial charge in [0, 0.05) is 24.9 Å². The lowest BCUT2D eigenvalue weighted by Crippen LogP contribution is -2.26. The number of rotatable bonds is 11. The number of aliphatic carboxylic acids is 1. The van der Waals surface area contributed by atoms with Crippen LogP contribution >= 0.6 is 0 Å². The molecule has 198 valence electrons. The number of carbonyl (C=O) groups is 2. The fourth-order valence-electron chi connectivity index (χ4n) is 4.14. The minimum Gasteiger partial charge on any atom is -0.493 e. The van der Waals surface area contributed by atoms with Crippen molar-refractivity contribution in [1.29, 1.82) is 0 Å². The molecule has 0 aliphatic carbocycles. The van der Waals surface area contributed by atoms with Gasteiger partial charge in [-0.15, -0.1) is 0 Å². The van der Waals surface area contributed by atoms with Gasteiger partial charge in [-0.1, -0.05) is 36.4 Å². The first-order chi connectivity index (χ1) is 18.3. The van der Waals surface area contributed by atoms with E-state index >= 15 is 0 Å². The molecule has 0 bridgehead atoms. The van der Waals surface area contributed by atoms with Gasteiger partial charge in [0.15, 0.2) is 0 Å². The molecular formula is C30H32N2O6. The molecule has 1 aromatic heterocycles. The molecule has 4 rings (SSSR count). The van der Waals surface area contributed by atoms with Crippen molar-refractivity contribution in [2.45, 2.75) is 52.7 Å². The van der Waals surface area contributed by atoms with Crippen molar-refractivity contribution in [3.8, 4) is 17.2 Å². The van der Waals surface area contributed by atoms with E-state index in [1.54, 1.807) is 13.8 Å². The first kappa shape index (κ1) is 26.7. The summed E-state index contributed by atoms with van der Waals surface area (Å²) in [5, 5.41) is 14.1. The molecule has 1 amide bonds. The first-order valence-electron chi connectivity index (χ1n) is 12.6. The maximum absolute atomic E-state index is 11.9. The molecule has 0 unspecified atom stereocenters. The third-order valence-electron chi connectivity index (χ3n) is 6.05. The summed E-state index contributed by atoms with van der Waals surface area (Å²) in [5.41, 5.74) is 3.35. The molecule has 0 aliphatic heterocycles. The van der Waals surface area contributed by atoms with Gasteiger partial charge in [-0.05, 0) is 73.4 Å². The van der Waals surface area contributed by atoms with Crippen LogP contribution in [0.5, 0.6) is 5.75 Å². The number of carbonyl (C=O) groups excluding carboxylic acids is 1. The molecule has 0 aliphatic rings. The third kappa shape index (κ3) is 7.12. The van der Waals surface area contributed by atoms with Crippen LogP contribution in [-0.4, -0.2) is 34.9 Å². The van der Waals surface area contributed by atoms with Crippen molar-refractivity contribution in [3.63, 3.8) is 0 Å². The molecule has 3 aromatic carbocycles. The number of fused-ring (bicyclic) bond motifs is 1. The van der Waals surface area contributed by atoms with E-state index in [4.69, 9.17) is 24.0 Å². The number of oxazole rings is 1.